The van der Waals surface area contributed by atoms with Crippen molar-refractivity contribution in [3.63, 3.8) is 0 Å². The van der Waals surface area contributed by atoms with E-state index in [0.29, 0.717) is 31.6 Å². The van der Waals surface area contributed by atoms with Crippen LogP contribution in [0.2, 0.25) is 0 Å². The van der Waals surface area contributed by atoms with Crippen LogP contribution in [0, 0.1) is 5.41 Å². The normalized spacial score (nSPS) is 21.3. The van der Waals surface area contributed by atoms with Crippen LogP contribution in [0.4, 0.5) is 24.5 Å². The van der Waals surface area contributed by atoms with Gasteiger partial charge in [0.05, 0.1) is 22.4 Å². The molecule has 168 valence electrons. The Morgan fingerprint density at radius 3 is 2.35 bits per heavy atom. The van der Waals surface area contributed by atoms with Crippen molar-refractivity contribution < 1.29 is 27.6 Å². The number of halogens is 3. The first-order valence-electron chi connectivity index (χ1n) is 10.8. The van der Waals surface area contributed by atoms with Gasteiger partial charge in [0.25, 0.3) is 0 Å². The summed E-state index contributed by atoms with van der Waals surface area (Å²) in [6.45, 7) is 0.912. The van der Waals surface area contributed by atoms with Gasteiger partial charge in [-0.25, -0.2) is 0 Å². The van der Waals surface area contributed by atoms with E-state index in [-0.39, 0.29) is 23.9 Å². The lowest BCUT2D eigenvalue weighted by Crippen LogP contribution is -2.41. The van der Waals surface area contributed by atoms with Crippen LogP contribution >= 0.6 is 0 Å². The predicted molar refractivity (Wildman–Crippen MR) is 108 cm³/mol. The molecule has 3 amide bonds. The van der Waals surface area contributed by atoms with Gasteiger partial charge < -0.3 is 10.2 Å². The van der Waals surface area contributed by atoms with Crippen molar-refractivity contribution in [3.8, 4) is 0 Å². The zero-order chi connectivity index (χ0) is 22.2. The Labute approximate surface area is 178 Å². The van der Waals surface area contributed by atoms with E-state index in [4.69, 9.17) is 0 Å². The molecule has 0 atom stereocenters. The second-order valence-corrected chi connectivity index (χ2v) is 8.77. The Hall–Kier alpha value is -2.58. The van der Waals surface area contributed by atoms with Crippen LogP contribution in [0.15, 0.2) is 18.2 Å². The molecule has 3 fully saturated rings. The van der Waals surface area contributed by atoms with Gasteiger partial charge in [0.15, 0.2) is 0 Å². The summed E-state index contributed by atoms with van der Waals surface area (Å²) < 4.78 is 39.7. The third-order valence-corrected chi connectivity index (χ3v) is 6.65. The summed E-state index contributed by atoms with van der Waals surface area (Å²) in [5.74, 6) is -1.38. The molecule has 1 aliphatic carbocycles. The number of hydrogen-bond donors (Lipinski definition) is 1. The zero-order valence-corrected chi connectivity index (χ0v) is 17.3. The van der Waals surface area contributed by atoms with Crippen LogP contribution in [0.1, 0.15) is 56.9 Å². The Balaban J connectivity index is 1.52. The quantitative estimate of drug-likeness (QED) is 0.725. The van der Waals surface area contributed by atoms with Crippen molar-refractivity contribution in [3.05, 3.63) is 23.8 Å². The standard InChI is InChI=1S/C22H26F3N3O3/c23-22(24,25)15-6-7-17(27-10-4-5-11-27)16(12-15)26-18(29)14-28-19(30)13-21(20(28)31)8-2-1-3-9-21/h6-7,12H,1-5,8-11,13-14H2,(H,26,29). The van der Waals surface area contributed by atoms with Crippen LogP contribution < -0.4 is 10.2 Å². The molecular formula is C22H26F3N3O3. The van der Waals surface area contributed by atoms with E-state index in [1.54, 1.807) is 0 Å². The highest BCUT2D eigenvalue weighted by molar-refractivity contribution is 6.09. The summed E-state index contributed by atoms with van der Waals surface area (Å²) in [5, 5.41) is 2.53. The lowest BCUT2D eigenvalue weighted by Gasteiger charge is -2.30. The third kappa shape index (κ3) is 4.27. The summed E-state index contributed by atoms with van der Waals surface area (Å²) in [4.78, 5) is 41.0. The smallest absolute Gasteiger partial charge is 0.370 e. The molecule has 2 aliphatic heterocycles. The Kier molecular flexibility index (Phi) is 5.70. The van der Waals surface area contributed by atoms with Crippen molar-refractivity contribution in [2.45, 2.75) is 57.5 Å². The Bertz CT molecular complexity index is 888. The first-order chi connectivity index (χ1) is 14.7. The summed E-state index contributed by atoms with van der Waals surface area (Å²) >= 11 is 0. The summed E-state index contributed by atoms with van der Waals surface area (Å²) in [6.07, 6.45) is 1.48. The minimum atomic E-state index is -4.54. The van der Waals surface area contributed by atoms with Crippen LogP contribution in [0.25, 0.3) is 0 Å². The van der Waals surface area contributed by atoms with E-state index in [1.807, 2.05) is 4.90 Å². The number of carbonyl (C=O) groups excluding carboxylic acids is 3. The molecule has 1 spiro atoms. The molecule has 1 saturated carbocycles. The summed E-state index contributed by atoms with van der Waals surface area (Å²) in [5.41, 5.74) is -0.998. The van der Waals surface area contributed by atoms with Crippen molar-refractivity contribution in [1.29, 1.82) is 0 Å². The number of likely N-dealkylation sites (tertiary alicyclic amines) is 1. The summed E-state index contributed by atoms with van der Waals surface area (Å²) in [7, 11) is 0. The topological polar surface area (TPSA) is 69.7 Å². The first-order valence-corrected chi connectivity index (χ1v) is 10.8. The maximum atomic E-state index is 13.2. The highest BCUT2D eigenvalue weighted by Gasteiger charge is 2.51. The van der Waals surface area contributed by atoms with Crippen molar-refractivity contribution >= 4 is 29.1 Å². The molecule has 3 aliphatic rings. The molecule has 4 rings (SSSR count). The lowest BCUT2D eigenvalue weighted by atomic mass is 9.73. The highest BCUT2D eigenvalue weighted by atomic mass is 19.4. The number of amides is 3. The molecule has 6 nitrogen and oxygen atoms in total. The summed E-state index contributed by atoms with van der Waals surface area (Å²) in [6, 6.07) is 3.29. The van der Waals surface area contributed by atoms with Gasteiger partial charge in [-0.05, 0) is 43.9 Å². The van der Waals surface area contributed by atoms with Gasteiger partial charge in [-0.3, -0.25) is 19.3 Å². The fourth-order valence-corrected chi connectivity index (χ4v) is 5.02. The predicted octanol–water partition coefficient (Wildman–Crippen LogP) is 3.95. The number of nitrogens with zero attached hydrogens (tertiary/aromatic N) is 2. The van der Waals surface area contributed by atoms with E-state index in [0.717, 1.165) is 49.1 Å². The SMILES string of the molecule is O=C(CN1C(=O)CC2(CCCCC2)C1=O)Nc1cc(C(F)(F)F)ccc1N1CCCC1. The van der Waals surface area contributed by atoms with Crippen molar-refractivity contribution in [1.82, 2.24) is 4.90 Å². The molecule has 2 saturated heterocycles. The van der Waals surface area contributed by atoms with Gasteiger partial charge >= 0.3 is 6.18 Å². The van der Waals surface area contributed by atoms with Crippen molar-refractivity contribution in [2.24, 2.45) is 5.41 Å². The van der Waals surface area contributed by atoms with E-state index >= 15 is 0 Å². The molecule has 1 aromatic rings. The number of anilines is 2. The van der Waals surface area contributed by atoms with Crippen molar-refractivity contribution in [2.75, 3.05) is 29.9 Å². The van der Waals surface area contributed by atoms with E-state index in [1.165, 1.54) is 6.07 Å². The second kappa shape index (κ2) is 8.16. The fraction of sp³-hybridized carbons (Fsp3) is 0.591. The van der Waals surface area contributed by atoms with Gasteiger partial charge in [-0.1, -0.05) is 19.3 Å². The van der Waals surface area contributed by atoms with Gasteiger partial charge in [-0.15, -0.1) is 0 Å². The molecular weight excluding hydrogens is 411 g/mol. The molecule has 1 aromatic carbocycles. The van der Waals surface area contributed by atoms with E-state index in [9.17, 15) is 27.6 Å². The second-order valence-electron chi connectivity index (χ2n) is 8.77. The molecule has 0 radical (unpaired) electrons. The van der Waals surface area contributed by atoms with Gasteiger partial charge in [-0.2, -0.15) is 13.2 Å². The minimum absolute atomic E-state index is 0.0493. The number of rotatable bonds is 4. The number of carbonyl (C=O) groups is 3. The Morgan fingerprint density at radius 2 is 1.71 bits per heavy atom. The third-order valence-electron chi connectivity index (χ3n) is 6.65. The number of alkyl halides is 3. The molecule has 9 heteroatoms. The van der Waals surface area contributed by atoms with E-state index in [2.05, 4.69) is 5.32 Å². The molecule has 31 heavy (non-hydrogen) atoms. The number of benzene rings is 1. The Morgan fingerprint density at radius 1 is 1.03 bits per heavy atom. The number of nitrogens with one attached hydrogen (secondary N) is 1. The van der Waals surface area contributed by atoms with Gasteiger partial charge in [0.1, 0.15) is 6.54 Å². The van der Waals surface area contributed by atoms with Gasteiger partial charge in [0, 0.05) is 19.5 Å². The maximum absolute atomic E-state index is 13.2. The minimum Gasteiger partial charge on any atom is -0.370 e. The lowest BCUT2D eigenvalue weighted by molar-refractivity contribution is -0.144. The van der Waals surface area contributed by atoms with Crippen LogP contribution in [0.3, 0.4) is 0 Å². The fourth-order valence-electron chi connectivity index (χ4n) is 5.02. The highest BCUT2D eigenvalue weighted by Crippen LogP contribution is 2.45. The van der Waals surface area contributed by atoms with E-state index < -0.39 is 29.6 Å². The average molecular weight is 437 g/mol. The molecule has 0 unspecified atom stereocenters. The monoisotopic (exact) mass is 437 g/mol. The maximum Gasteiger partial charge on any atom is 0.416 e. The first kappa shape index (κ1) is 21.6. The van der Waals surface area contributed by atoms with Crippen LogP contribution in [-0.4, -0.2) is 42.3 Å². The molecule has 0 bridgehead atoms. The van der Waals surface area contributed by atoms with Gasteiger partial charge in [0.2, 0.25) is 17.7 Å². The average Bonchev–Trinajstić information content (AvgIpc) is 3.32. The zero-order valence-electron chi connectivity index (χ0n) is 17.3. The number of hydrogen-bond acceptors (Lipinski definition) is 4. The largest absolute Gasteiger partial charge is 0.416 e. The molecule has 2 heterocycles. The molecule has 1 N–H and O–H groups in total. The van der Waals surface area contributed by atoms with Crippen LogP contribution in [-0.2, 0) is 20.6 Å². The van der Waals surface area contributed by atoms with Crippen LogP contribution in [0.5, 0.6) is 0 Å². The number of imide groups is 1. The molecule has 0 aromatic heterocycles.